The highest BCUT2D eigenvalue weighted by atomic mass is 16.2. The number of piperidine rings is 1. The van der Waals surface area contributed by atoms with E-state index in [0.717, 1.165) is 58.2 Å². The van der Waals surface area contributed by atoms with E-state index >= 15 is 0 Å². The zero-order valence-electron chi connectivity index (χ0n) is 14.9. The number of carbonyl (C=O) groups is 2. The molecule has 2 fully saturated rings. The summed E-state index contributed by atoms with van der Waals surface area (Å²) in [6, 6.07) is 10.1. The van der Waals surface area contributed by atoms with Gasteiger partial charge in [-0.05, 0) is 56.4 Å². The van der Waals surface area contributed by atoms with Crippen LogP contribution in [-0.2, 0) is 11.2 Å². The minimum atomic E-state index is -0.370. The molecule has 3 rings (SSSR count). The van der Waals surface area contributed by atoms with Gasteiger partial charge in [0.2, 0.25) is 5.91 Å². The number of rotatable bonds is 4. The van der Waals surface area contributed by atoms with Crippen molar-refractivity contribution < 1.29 is 9.59 Å². The van der Waals surface area contributed by atoms with Crippen LogP contribution < -0.4 is 10.6 Å². The molecule has 25 heavy (non-hydrogen) atoms. The Hall–Kier alpha value is -2.04. The molecule has 0 aliphatic carbocycles. The Kier molecular flexibility index (Phi) is 6.31. The minimum Gasteiger partial charge on any atom is -0.354 e. The smallest absolute Gasteiger partial charge is 0.318 e. The van der Waals surface area contributed by atoms with Crippen molar-refractivity contribution in [3.05, 3.63) is 35.9 Å². The lowest BCUT2D eigenvalue weighted by atomic mass is 9.90. The van der Waals surface area contributed by atoms with Crippen molar-refractivity contribution in [1.82, 2.24) is 15.5 Å². The number of benzene rings is 1. The van der Waals surface area contributed by atoms with E-state index < -0.39 is 0 Å². The van der Waals surface area contributed by atoms with Crippen LogP contribution in [0, 0.1) is 5.92 Å². The molecule has 0 radical (unpaired) electrons. The number of nitrogens with zero attached hydrogens (tertiary/aromatic N) is 1. The number of hydrogen-bond donors (Lipinski definition) is 2. The maximum atomic E-state index is 12.4. The van der Waals surface area contributed by atoms with Crippen molar-refractivity contribution in [2.45, 2.75) is 51.0 Å². The Labute approximate surface area is 150 Å². The molecule has 0 spiro atoms. The van der Waals surface area contributed by atoms with E-state index in [0.29, 0.717) is 5.92 Å². The van der Waals surface area contributed by atoms with E-state index in [1.165, 1.54) is 12.0 Å². The first-order chi connectivity index (χ1) is 12.2. The third kappa shape index (κ3) is 5.21. The quantitative estimate of drug-likeness (QED) is 0.883. The molecule has 136 valence electrons. The highest BCUT2D eigenvalue weighted by Gasteiger charge is 2.27. The molecular weight excluding hydrogens is 314 g/mol. The topological polar surface area (TPSA) is 61.4 Å². The summed E-state index contributed by atoms with van der Waals surface area (Å²) in [7, 11) is 0. The Morgan fingerprint density at radius 1 is 1.12 bits per heavy atom. The van der Waals surface area contributed by atoms with Gasteiger partial charge in [-0.25, -0.2) is 4.79 Å². The van der Waals surface area contributed by atoms with Gasteiger partial charge in [-0.3, -0.25) is 4.79 Å². The number of urea groups is 1. The van der Waals surface area contributed by atoms with Crippen LogP contribution in [0.1, 0.15) is 44.1 Å². The van der Waals surface area contributed by atoms with Gasteiger partial charge >= 0.3 is 6.03 Å². The van der Waals surface area contributed by atoms with Gasteiger partial charge in [-0.1, -0.05) is 30.3 Å². The summed E-state index contributed by atoms with van der Waals surface area (Å²) in [5.41, 5.74) is 1.39. The molecule has 0 saturated carbocycles. The highest BCUT2D eigenvalue weighted by molar-refractivity contribution is 5.87. The molecular formula is C20H29N3O2. The third-order valence-electron chi connectivity index (χ3n) is 5.42. The molecule has 0 bridgehead atoms. The fourth-order valence-electron chi connectivity index (χ4n) is 3.76. The summed E-state index contributed by atoms with van der Waals surface area (Å²) in [6.07, 6.45) is 7.11. The maximum Gasteiger partial charge on any atom is 0.318 e. The maximum absolute atomic E-state index is 12.4. The summed E-state index contributed by atoms with van der Waals surface area (Å²) in [4.78, 5) is 26.3. The summed E-state index contributed by atoms with van der Waals surface area (Å²) in [5, 5.41) is 5.80. The molecule has 2 aliphatic rings. The van der Waals surface area contributed by atoms with Gasteiger partial charge in [0.1, 0.15) is 6.04 Å². The van der Waals surface area contributed by atoms with Crippen molar-refractivity contribution >= 4 is 11.9 Å². The first kappa shape index (κ1) is 17.8. The van der Waals surface area contributed by atoms with Gasteiger partial charge in [0, 0.05) is 19.6 Å². The molecule has 2 N–H and O–H groups in total. The van der Waals surface area contributed by atoms with Crippen molar-refractivity contribution in [3.63, 3.8) is 0 Å². The average molecular weight is 343 g/mol. The van der Waals surface area contributed by atoms with E-state index in [1.807, 2.05) is 4.90 Å². The van der Waals surface area contributed by atoms with Crippen molar-refractivity contribution in [1.29, 1.82) is 0 Å². The SMILES string of the molecule is O=C1NCCCCC1NC(=O)N1CCC(CCc2ccccc2)CC1. The van der Waals surface area contributed by atoms with Crippen LogP contribution in [-0.4, -0.2) is 42.5 Å². The minimum absolute atomic E-state index is 0.0383. The molecule has 2 heterocycles. The van der Waals surface area contributed by atoms with Crippen LogP contribution in [0.3, 0.4) is 0 Å². The van der Waals surface area contributed by atoms with E-state index in [2.05, 4.69) is 41.0 Å². The van der Waals surface area contributed by atoms with Crippen LogP contribution in [0.4, 0.5) is 4.79 Å². The van der Waals surface area contributed by atoms with Gasteiger partial charge in [0.25, 0.3) is 0 Å². The van der Waals surface area contributed by atoms with Crippen LogP contribution in [0.15, 0.2) is 30.3 Å². The molecule has 5 heteroatoms. The van der Waals surface area contributed by atoms with E-state index in [1.54, 1.807) is 0 Å². The summed E-state index contributed by atoms with van der Waals surface area (Å²) in [6.45, 7) is 2.30. The van der Waals surface area contributed by atoms with Gasteiger partial charge in [-0.15, -0.1) is 0 Å². The lowest BCUT2D eigenvalue weighted by molar-refractivity contribution is -0.122. The summed E-state index contributed by atoms with van der Waals surface area (Å²) >= 11 is 0. The average Bonchev–Trinajstić information content (AvgIpc) is 2.86. The van der Waals surface area contributed by atoms with Crippen molar-refractivity contribution in [3.8, 4) is 0 Å². The second-order valence-electron chi connectivity index (χ2n) is 7.24. The summed E-state index contributed by atoms with van der Waals surface area (Å²) in [5.74, 6) is 0.647. The largest absolute Gasteiger partial charge is 0.354 e. The second kappa shape index (κ2) is 8.88. The third-order valence-corrected chi connectivity index (χ3v) is 5.42. The molecule has 2 saturated heterocycles. The monoisotopic (exact) mass is 343 g/mol. The normalized spacial score (nSPS) is 22.2. The standard InChI is InChI=1S/C20H29N3O2/c24-19-18(8-4-5-13-21-19)22-20(25)23-14-11-17(12-15-23)10-9-16-6-2-1-3-7-16/h1-3,6-7,17-18H,4-5,8-15H2,(H,21,24)(H,22,25). The second-order valence-corrected chi connectivity index (χ2v) is 7.24. The molecule has 0 aromatic heterocycles. The van der Waals surface area contributed by atoms with Gasteiger partial charge in [-0.2, -0.15) is 0 Å². The molecule has 1 atom stereocenters. The number of aryl methyl sites for hydroxylation is 1. The van der Waals surface area contributed by atoms with Crippen LogP contribution in [0.25, 0.3) is 0 Å². The van der Waals surface area contributed by atoms with Crippen LogP contribution in [0.2, 0.25) is 0 Å². The van der Waals surface area contributed by atoms with Crippen molar-refractivity contribution in [2.24, 2.45) is 5.92 Å². The Bertz CT molecular complexity index is 568. The first-order valence-electron chi connectivity index (χ1n) is 9.59. The zero-order valence-corrected chi connectivity index (χ0v) is 14.9. The lowest BCUT2D eigenvalue weighted by Crippen LogP contribution is -2.52. The molecule has 1 aromatic rings. The molecule has 3 amide bonds. The predicted molar refractivity (Wildman–Crippen MR) is 98.2 cm³/mol. The number of nitrogens with one attached hydrogen (secondary N) is 2. The first-order valence-corrected chi connectivity index (χ1v) is 9.59. The number of carbonyl (C=O) groups excluding carboxylic acids is 2. The van der Waals surface area contributed by atoms with Gasteiger partial charge in [0.15, 0.2) is 0 Å². The Morgan fingerprint density at radius 3 is 2.64 bits per heavy atom. The van der Waals surface area contributed by atoms with Crippen LogP contribution in [0.5, 0.6) is 0 Å². The van der Waals surface area contributed by atoms with Crippen molar-refractivity contribution in [2.75, 3.05) is 19.6 Å². The predicted octanol–water partition coefficient (Wildman–Crippen LogP) is 2.71. The molecule has 2 aliphatic heterocycles. The zero-order chi connectivity index (χ0) is 17.5. The van der Waals surface area contributed by atoms with Crippen LogP contribution >= 0.6 is 0 Å². The Morgan fingerprint density at radius 2 is 1.88 bits per heavy atom. The summed E-state index contributed by atoms with van der Waals surface area (Å²) < 4.78 is 0. The Balaban J connectivity index is 1.40. The molecule has 5 nitrogen and oxygen atoms in total. The molecule has 1 unspecified atom stereocenters. The fourth-order valence-corrected chi connectivity index (χ4v) is 3.76. The van der Waals surface area contributed by atoms with E-state index in [-0.39, 0.29) is 18.0 Å². The fraction of sp³-hybridized carbons (Fsp3) is 0.600. The highest BCUT2D eigenvalue weighted by Crippen LogP contribution is 2.22. The van der Waals surface area contributed by atoms with E-state index in [9.17, 15) is 9.59 Å². The number of likely N-dealkylation sites (tertiary alicyclic amines) is 1. The number of amides is 3. The van der Waals surface area contributed by atoms with Gasteiger partial charge in [0.05, 0.1) is 0 Å². The van der Waals surface area contributed by atoms with Gasteiger partial charge < -0.3 is 15.5 Å². The van der Waals surface area contributed by atoms with E-state index in [4.69, 9.17) is 0 Å². The number of hydrogen-bond acceptors (Lipinski definition) is 2. The lowest BCUT2D eigenvalue weighted by Gasteiger charge is -2.33. The molecule has 1 aromatic carbocycles.